The summed E-state index contributed by atoms with van der Waals surface area (Å²) in [6.45, 7) is 10.3. The number of primary amides is 1. The van der Waals surface area contributed by atoms with Gasteiger partial charge in [0.1, 0.15) is 11.6 Å². The van der Waals surface area contributed by atoms with Crippen LogP contribution in [0.5, 0.6) is 0 Å². The molecule has 0 radical (unpaired) electrons. The molecule has 49 heavy (non-hydrogen) atoms. The Bertz CT molecular complexity index is 2160. The summed E-state index contributed by atoms with van der Waals surface area (Å²) in [5.41, 5.74) is 13.5. The van der Waals surface area contributed by atoms with Crippen LogP contribution in [0.1, 0.15) is 89.2 Å². The average Bonchev–Trinajstić information content (AvgIpc) is 3.71. The van der Waals surface area contributed by atoms with E-state index in [0.717, 1.165) is 41.0 Å². The maximum Gasteiger partial charge on any atom is 0.248 e. The first-order chi connectivity index (χ1) is 23.3. The number of nitrogens with one attached hydrogen (secondary N) is 2. The van der Waals surface area contributed by atoms with E-state index in [1.807, 2.05) is 12.1 Å². The number of allylic oxidation sites excluding steroid dienone is 8. The van der Waals surface area contributed by atoms with Gasteiger partial charge < -0.3 is 15.7 Å². The quantitative estimate of drug-likeness (QED) is 0.186. The number of fused-ring (bicyclic) bond motifs is 2. The lowest BCUT2D eigenvalue weighted by Crippen LogP contribution is -2.20. The number of nitrogens with zero attached hydrogens (tertiary/aromatic N) is 3. The van der Waals surface area contributed by atoms with Crippen molar-refractivity contribution < 1.29 is 24.0 Å². The van der Waals surface area contributed by atoms with E-state index in [1.54, 1.807) is 65.9 Å². The molecule has 11 heteroatoms. The van der Waals surface area contributed by atoms with Crippen molar-refractivity contribution in [3.63, 3.8) is 0 Å². The van der Waals surface area contributed by atoms with Crippen LogP contribution in [-0.2, 0) is 32.0 Å². The van der Waals surface area contributed by atoms with E-state index in [1.165, 1.54) is 0 Å². The smallest absolute Gasteiger partial charge is 0.248 e. The summed E-state index contributed by atoms with van der Waals surface area (Å²) in [4.78, 5) is 79.9. The van der Waals surface area contributed by atoms with Gasteiger partial charge in [-0.15, -0.1) is 0 Å². The lowest BCUT2D eigenvalue weighted by Gasteiger charge is -2.18. The number of Topliss-reactive ketones (excluding diaryl/α,β-unsaturated/α-hetero) is 4. The van der Waals surface area contributed by atoms with E-state index in [2.05, 4.69) is 24.9 Å². The lowest BCUT2D eigenvalue weighted by atomic mass is 9.84. The summed E-state index contributed by atoms with van der Waals surface area (Å²) < 4.78 is 0. The largest absolute Gasteiger partial charge is 0.366 e. The second-order valence-electron chi connectivity index (χ2n) is 12.6. The molecule has 0 saturated heterocycles. The second kappa shape index (κ2) is 14.3. The first-order valence-electron chi connectivity index (χ1n) is 16.3. The van der Waals surface area contributed by atoms with E-state index in [0.29, 0.717) is 81.5 Å². The van der Waals surface area contributed by atoms with Crippen LogP contribution in [0.25, 0.3) is 22.2 Å². The van der Waals surface area contributed by atoms with Crippen LogP contribution in [0.3, 0.4) is 0 Å². The number of aryl methyl sites for hydroxylation is 2. The van der Waals surface area contributed by atoms with E-state index in [9.17, 15) is 24.0 Å². The molecular formula is C38H40N6O5. The van der Waals surface area contributed by atoms with Crippen molar-refractivity contribution in [3.8, 4) is 0 Å². The maximum atomic E-state index is 12.4. The molecule has 3 heterocycles. The highest BCUT2D eigenvalue weighted by Gasteiger charge is 2.28. The number of amides is 1. The minimum Gasteiger partial charge on any atom is -0.366 e. The Balaban J connectivity index is 0.000000192. The number of hydrogen-bond donors (Lipinski definition) is 3. The number of aromatic nitrogens is 5. The van der Waals surface area contributed by atoms with Gasteiger partial charge >= 0.3 is 0 Å². The third kappa shape index (κ3) is 7.15. The van der Waals surface area contributed by atoms with Crippen LogP contribution in [0.2, 0.25) is 0 Å². The van der Waals surface area contributed by atoms with Crippen molar-refractivity contribution in [3.05, 3.63) is 98.3 Å². The van der Waals surface area contributed by atoms with Gasteiger partial charge in [-0.3, -0.25) is 24.0 Å². The third-order valence-electron chi connectivity index (χ3n) is 9.42. The summed E-state index contributed by atoms with van der Waals surface area (Å²) in [6.07, 6.45) is 5.65. The number of carbonyl (C=O) groups is 5. The average molecular weight is 661 g/mol. The monoisotopic (exact) mass is 660 g/mol. The molecule has 4 aromatic rings. The van der Waals surface area contributed by atoms with Gasteiger partial charge in [0.15, 0.2) is 28.8 Å². The van der Waals surface area contributed by atoms with Gasteiger partial charge in [-0.1, -0.05) is 0 Å². The zero-order valence-corrected chi connectivity index (χ0v) is 28.7. The molecule has 252 valence electrons. The van der Waals surface area contributed by atoms with Crippen molar-refractivity contribution >= 4 is 51.2 Å². The molecule has 0 saturated carbocycles. The second-order valence-corrected chi connectivity index (χ2v) is 12.6. The predicted molar refractivity (Wildman–Crippen MR) is 187 cm³/mol. The Kier molecular flexibility index (Phi) is 10.1. The Labute approximate surface area is 283 Å². The molecule has 0 aliphatic heterocycles. The van der Waals surface area contributed by atoms with Gasteiger partial charge in [-0.25, -0.2) is 15.0 Å². The number of imidazole rings is 2. The van der Waals surface area contributed by atoms with Gasteiger partial charge in [0.25, 0.3) is 0 Å². The van der Waals surface area contributed by atoms with Crippen LogP contribution in [0, 0.1) is 0 Å². The van der Waals surface area contributed by atoms with Crippen LogP contribution in [0.4, 0.5) is 0 Å². The van der Waals surface area contributed by atoms with Gasteiger partial charge in [-0.2, -0.15) is 0 Å². The molecule has 2 aliphatic carbocycles. The minimum atomic E-state index is -0.482. The predicted octanol–water partition coefficient (Wildman–Crippen LogP) is 5.87. The van der Waals surface area contributed by atoms with Crippen molar-refractivity contribution in [1.29, 1.82) is 0 Å². The molecule has 2 aliphatic rings. The maximum absolute atomic E-state index is 12.4. The third-order valence-corrected chi connectivity index (χ3v) is 9.42. The Hall–Kier alpha value is -5.58. The molecule has 0 atom stereocenters. The van der Waals surface area contributed by atoms with Crippen molar-refractivity contribution in [2.75, 3.05) is 0 Å². The number of nitrogens with two attached hydrogens (primary N) is 1. The summed E-state index contributed by atoms with van der Waals surface area (Å²) in [5, 5.41) is 0. The molecule has 1 amide bonds. The Morgan fingerprint density at radius 1 is 0.633 bits per heavy atom. The standard InChI is InChI=1S/C20H21N3O3.C18H19N3O2/c1-10-11(2)19(25)14(12(3)18(10)24)5-4-6-17-22-15-8-7-13(20(21)26)9-16(15)23-17;1-10-11(2)17(23)13(12(3)16(10)22)6-4-8-15-20-14-7-5-9-19-18(14)21-15/h7-9H,4-6H2,1-3H3,(H2,21,26)(H,22,23);5,7,9H,4,6,8H2,1-3H3,(H,19,20,21). The highest BCUT2D eigenvalue weighted by molar-refractivity contribution is 6.25. The van der Waals surface area contributed by atoms with Crippen LogP contribution in [0.15, 0.2) is 81.1 Å². The summed E-state index contributed by atoms with van der Waals surface area (Å²) in [5.74, 6) is 1.07. The SMILES string of the molecule is CC1=C(C)C(=O)C(CCCc2nc3ccc(C(N)=O)cc3[nH]2)=C(C)C1=O.CC1=C(C)C(=O)C(CCCc2nc3ncccc3[nH]2)=C(C)C1=O. The molecule has 1 aromatic carbocycles. The van der Waals surface area contributed by atoms with E-state index >= 15 is 0 Å². The van der Waals surface area contributed by atoms with Crippen LogP contribution in [-0.4, -0.2) is 54.0 Å². The molecule has 6 rings (SSSR count). The highest BCUT2D eigenvalue weighted by Crippen LogP contribution is 2.29. The zero-order chi connectivity index (χ0) is 35.6. The molecule has 0 fully saturated rings. The normalized spacial score (nSPS) is 15.6. The number of H-pyrrole nitrogens is 2. The van der Waals surface area contributed by atoms with Crippen LogP contribution >= 0.6 is 0 Å². The van der Waals surface area contributed by atoms with E-state index in [-0.39, 0.29) is 23.1 Å². The number of aromatic amines is 2. The number of hydrogen-bond acceptors (Lipinski definition) is 8. The van der Waals surface area contributed by atoms with E-state index < -0.39 is 5.91 Å². The topological polar surface area (TPSA) is 182 Å². The lowest BCUT2D eigenvalue weighted by molar-refractivity contribution is -0.116. The van der Waals surface area contributed by atoms with Crippen molar-refractivity contribution in [2.45, 2.75) is 80.1 Å². The molecule has 0 unspecified atom stereocenters. The fourth-order valence-corrected chi connectivity index (χ4v) is 6.13. The number of ketones is 4. The van der Waals surface area contributed by atoms with Gasteiger partial charge in [-0.05, 0) is 97.6 Å². The van der Waals surface area contributed by atoms with Gasteiger partial charge in [0, 0.05) is 69.2 Å². The number of carbonyl (C=O) groups excluding carboxylic acids is 5. The highest BCUT2D eigenvalue weighted by atomic mass is 16.2. The van der Waals surface area contributed by atoms with Crippen LogP contribution < -0.4 is 5.73 Å². The van der Waals surface area contributed by atoms with Crippen molar-refractivity contribution in [2.24, 2.45) is 5.73 Å². The fourth-order valence-electron chi connectivity index (χ4n) is 6.13. The first kappa shape index (κ1) is 34.7. The Morgan fingerprint density at radius 3 is 1.67 bits per heavy atom. The number of rotatable bonds is 9. The molecule has 0 bridgehead atoms. The molecule has 3 aromatic heterocycles. The summed E-state index contributed by atoms with van der Waals surface area (Å²) in [7, 11) is 0. The number of pyridine rings is 1. The number of benzene rings is 1. The molecule has 4 N–H and O–H groups in total. The minimum absolute atomic E-state index is 0.00544. The van der Waals surface area contributed by atoms with Gasteiger partial charge in [0.2, 0.25) is 5.91 Å². The molecule has 0 spiro atoms. The van der Waals surface area contributed by atoms with E-state index in [4.69, 9.17) is 5.73 Å². The molecular weight excluding hydrogens is 620 g/mol. The van der Waals surface area contributed by atoms with Crippen molar-refractivity contribution in [1.82, 2.24) is 24.9 Å². The van der Waals surface area contributed by atoms with Gasteiger partial charge in [0.05, 0.1) is 16.6 Å². The summed E-state index contributed by atoms with van der Waals surface area (Å²) in [6, 6.07) is 8.88. The Morgan fingerprint density at radius 2 is 1.14 bits per heavy atom. The summed E-state index contributed by atoms with van der Waals surface area (Å²) >= 11 is 0. The zero-order valence-electron chi connectivity index (χ0n) is 28.7. The fraction of sp³-hybridized carbons (Fsp3) is 0.316. The molecule has 11 nitrogen and oxygen atoms in total. The first-order valence-corrected chi connectivity index (χ1v) is 16.3.